The summed E-state index contributed by atoms with van der Waals surface area (Å²) in [5.74, 6) is 0.0327. The van der Waals surface area contributed by atoms with E-state index in [0.29, 0.717) is 13.0 Å². The molecular formula is C19H18N4O4. The van der Waals surface area contributed by atoms with E-state index in [4.69, 9.17) is 10.00 Å². The van der Waals surface area contributed by atoms with Crippen molar-refractivity contribution >= 4 is 17.3 Å². The molecule has 0 saturated heterocycles. The fourth-order valence-electron chi connectivity index (χ4n) is 2.30. The molecule has 138 valence electrons. The zero-order chi connectivity index (χ0) is 19.6. The average molecular weight is 366 g/mol. The Labute approximate surface area is 156 Å². The Balaban J connectivity index is 1.96. The lowest BCUT2D eigenvalue weighted by Gasteiger charge is -2.06. The minimum absolute atomic E-state index is 0.0324. The summed E-state index contributed by atoms with van der Waals surface area (Å²) in [6.07, 6.45) is 1.96. The molecule has 27 heavy (non-hydrogen) atoms. The van der Waals surface area contributed by atoms with Gasteiger partial charge in [-0.25, -0.2) is 0 Å². The van der Waals surface area contributed by atoms with Crippen molar-refractivity contribution in [3.8, 4) is 11.8 Å². The summed E-state index contributed by atoms with van der Waals surface area (Å²) in [7, 11) is 1.59. The minimum atomic E-state index is -0.722. The molecule has 0 aliphatic heterocycles. The number of carbonyl (C=O) groups is 1. The van der Waals surface area contributed by atoms with Gasteiger partial charge in [-0.05, 0) is 30.2 Å². The molecule has 2 rings (SSSR count). The monoisotopic (exact) mass is 366 g/mol. The molecule has 0 bridgehead atoms. The minimum Gasteiger partial charge on any atom is -0.497 e. The van der Waals surface area contributed by atoms with Gasteiger partial charge in [0.15, 0.2) is 0 Å². The van der Waals surface area contributed by atoms with Crippen LogP contribution < -0.4 is 15.4 Å². The van der Waals surface area contributed by atoms with Crippen molar-refractivity contribution < 1.29 is 14.5 Å². The molecule has 8 nitrogen and oxygen atoms in total. The van der Waals surface area contributed by atoms with Crippen molar-refractivity contribution in [1.29, 1.82) is 5.26 Å². The third-order valence-corrected chi connectivity index (χ3v) is 3.65. The van der Waals surface area contributed by atoms with Gasteiger partial charge in [-0.3, -0.25) is 14.9 Å². The smallest absolute Gasteiger partial charge is 0.292 e. The number of para-hydroxylation sites is 2. The molecule has 0 heterocycles. The number of hydrogen-bond donors (Lipinski definition) is 2. The SMILES string of the molecule is COc1cccc(CCN/C=C(/C#N)C(=O)Nc2ccccc2[N+](=O)[O-])c1. The summed E-state index contributed by atoms with van der Waals surface area (Å²) in [6, 6.07) is 15.1. The van der Waals surface area contributed by atoms with E-state index in [1.165, 1.54) is 24.4 Å². The normalized spacial score (nSPS) is 10.6. The third-order valence-electron chi connectivity index (χ3n) is 3.65. The van der Waals surface area contributed by atoms with E-state index in [1.54, 1.807) is 19.2 Å². The Morgan fingerprint density at radius 2 is 2.07 bits per heavy atom. The summed E-state index contributed by atoms with van der Waals surface area (Å²) < 4.78 is 5.16. The van der Waals surface area contributed by atoms with Crippen LogP contribution in [-0.2, 0) is 11.2 Å². The number of nitro benzene ring substituents is 1. The second-order valence-corrected chi connectivity index (χ2v) is 5.45. The first kappa shape index (κ1) is 19.5. The Morgan fingerprint density at radius 3 is 2.78 bits per heavy atom. The van der Waals surface area contributed by atoms with Gasteiger partial charge in [0.05, 0.1) is 12.0 Å². The van der Waals surface area contributed by atoms with E-state index in [2.05, 4.69) is 10.6 Å². The number of nitriles is 1. The van der Waals surface area contributed by atoms with Crippen LogP contribution in [0.2, 0.25) is 0 Å². The van der Waals surface area contributed by atoms with Crippen LogP contribution in [0.15, 0.2) is 60.3 Å². The summed E-state index contributed by atoms with van der Waals surface area (Å²) in [5.41, 5.74) is 0.649. The lowest BCUT2D eigenvalue weighted by atomic mass is 10.1. The van der Waals surface area contributed by atoms with Crippen molar-refractivity contribution in [1.82, 2.24) is 5.32 Å². The number of benzene rings is 2. The molecular weight excluding hydrogens is 348 g/mol. The molecule has 2 N–H and O–H groups in total. The molecule has 0 atom stereocenters. The van der Waals surface area contributed by atoms with Gasteiger partial charge in [0, 0.05) is 18.8 Å². The van der Waals surface area contributed by atoms with Crippen molar-refractivity contribution in [2.75, 3.05) is 19.0 Å². The molecule has 0 spiro atoms. The molecule has 2 aromatic rings. The number of carbonyl (C=O) groups excluding carboxylic acids is 1. The van der Waals surface area contributed by atoms with Crippen molar-refractivity contribution in [3.05, 3.63) is 76.0 Å². The number of nitrogens with zero attached hydrogens (tertiary/aromatic N) is 2. The number of rotatable bonds is 8. The maximum Gasteiger partial charge on any atom is 0.292 e. The van der Waals surface area contributed by atoms with Crippen LogP contribution in [-0.4, -0.2) is 24.5 Å². The van der Waals surface area contributed by atoms with Crippen molar-refractivity contribution in [2.45, 2.75) is 6.42 Å². The van der Waals surface area contributed by atoms with Gasteiger partial charge in [-0.2, -0.15) is 5.26 Å². The molecule has 8 heteroatoms. The first-order valence-electron chi connectivity index (χ1n) is 8.06. The van der Waals surface area contributed by atoms with Crippen LogP contribution in [0.1, 0.15) is 5.56 Å². The topological polar surface area (TPSA) is 117 Å². The number of nitrogens with one attached hydrogen (secondary N) is 2. The van der Waals surface area contributed by atoms with Gasteiger partial charge in [0.1, 0.15) is 23.1 Å². The van der Waals surface area contributed by atoms with Crippen LogP contribution in [0, 0.1) is 21.4 Å². The second kappa shape index (κ2) is 9.58. The quantitative estimate of drug-likeness (QED) is 0.244. The zero-order valence-corrected chi connectivity index (χ0v) is 14.6. The number of anilines is 1. The van der Waals surface area contributed by atoms with Crippen molar-refractivity contribution in [2.24, 2.45) is 0 Å². The molecule has 0 fully saturated rings. The van der Waals surface area contributed by atoms with Crippen molar-refractivity contribution in [3.63, 3.8) is 0 Å². The molecule has 1 amide bonds. The van der Waals surface area contributed by atoms with Gasteiger partial charge < -0.3 is 15.4 Å². The summed E-state index contributed by atoms with van der Waals surface area (Å²) >= 11 is 0. The van der Waals surface area contributed by atoms with Crippen LogP contribution in [0.4, 0.5) is 11.4 Å². The Hall–Kier alpha value is -3.86. The number of hydrogen-bond acceptors (Lipinski definition) is 6. The highest BCUT2D eigenvalue weighted by atomic mass is 16.6. The predicted octanol–water partition coefficient (Wildman–Crippen LogP) is 2.78. The lowest BCUT2D eigenvalue weighted by molar-refractivity contribution is -0.383. The van der Waals surface area contributed by atoms with Gasteiger partial charge in [-0.15, -0.1) is 0 Å². The molecule has 0 aliphatic rings. The molecule has 2 aromatic carbocycles. The Kier molecular flexibility index (Phi) is 6.91. The average Bonchev–Trinajstić information content (AvgIpc) is 2.68. The molecule has 0 aliphatic carbocycles. The highest BCUT2D eigenvalue weighted by molar-refractivity contribution is 6.07. The first-order chi connectivity index (χ1) is 13.0. The maximum absolute atomic E-state index is 12.2. The van der Waals surface area contributed by atoms with E-state index < -0.39 is 10.8 Å². The van der Waals surface area contributed by atoms with Gasteiger partial charge in [0.2, 0.25) is 0 Å². The van der Waals surface area contributed by atoms with Gasteiger partial charge >= 0.3 is 0 Å². The van der Waals surface area contributed by atoms with E-state index in [0.717, 1.165) is 11.3 Å². The van der Waals surface area contributed by atoms with E-state index in [9.17, 15) is 14.9 Å². The number of amides is 1. The number of methoxy groups -OCH3 is 1. The fourth-order valence-corrected chi connectivity index (χ4v) is 2.30. The molecule has 0 saturated carbocycles. The predicted molar refractivity (Wildman–Crippen MR) is 100 cm³/mol. The molecule has 0 unspecified atom stereocenters. The largest absolute Gasteiger partial charge is 0.497 e. The standard InChI is InChI=1S/C19H18N4O4/c1-27-16-6-4-5-14(11-16)9-10-21-13-15(12-20)19(24)22-17-7-2-3-8-18(17)23(25)26/h2-8,11,13,21H,9-10H2,1H3,(H,22,24)/b15-13-. The first-order valence-corrected chi connectivity index (χ1v) is 8.06. The van der Waals surface area contributed by atoms with Gasteiger partial charge in [-0.1, -0.05) is 24.3 Å². The Morgan fingerprint density at radius 1 is 1.30 bits per heavy atom. The van der Waals surface area contributed by atoms with Crippen LogP contribution in [0.3, 0.4) is 0 Å². The van der Waals surface area contributed by atoms with E-state index in [1.807, 2.05) is 24.3 Å². The lowest BCUT2D eigenvalue weighted by Crippen LogP contribution is -2.18. The van der Waals surface area contributed by atoms with Gasteiger partial charge in [0.25, 0.3) is 11.6 Å². The maximum atomic E-state index is 12.2. The highest BCUT2D eigenvalue weighted by Gasteiger charge is 2.17. The molecule has 0 aromatic heterocycles. The third kappa shape index (κ3) is 5.57. The summed E-state index contributed by atoms with van der Waals surface area (Å²) in [6.45, 7) is 0.497. The zero-order valence-electron chi connectivity index (χ0n) is 14.6. The number of ether oxygens (including phenoxy) is 1. The summed E-state index contributed by atoms with van der Waals surface area (Å²) in [4.78, 5) is 22.6. The van der Waals surface area contributed by atoms with Crippen LogP contribution in [0.25, 0.3) is 0 Å². The summed E-state index contributed by atoms with van der Waals surface area (Å²) in [5, 5.41) is 25.5. The Bertz CT molecular complexity index is 903. The van der Waals surface area contributed by atoms with E-state index in [-0.39, 0.29) is 16.9 Å². The second-order valence-electron chi connectivity index (χ2n) is 5.45. The fraction of sp³-hybridized carbons (Fsp3) is 0.158. The van der Waals surface area contributed by atoms with Crippen LogP contribution in [0.5, 0.6) is 5.75 Å². The molecule has 0 radical (unpaired) electrons. The highest BCUT2D eigenvalue weighted by Crippen LogP contribution is 2.23. The number of nitro groups is 1. The van der Waals surface area contributed by atoms with E-state index >= 15 is 0 Å². The van der Waals surface area contributed by atoms with Crippen LogP contribution >= 0.6 is 0 Å².